The predicted octanol–water partition coefficient (Wildman–Crippen LogP) is 2.44. The van der Waals surface area contributed by atoms with Crippen molar-refractivity contribution in [1.82, 2.24) is 0 Å². The smallest absolute Gasteiger partial charge is 0.323 e. The molecule has 0 N–H and O–H groups in total. The fraction of sp³-hybridized carbons (Fsp3) is 0.385. The van der Waals surface area contributed by atoms with Gasteiger partial charge >= 0.3 is 11.9 Å². The van der Waals surface area contributed by atoms with Crippen LogP contribution in [0.2, 0.25) is 0 Å². The van der Waals surface area contributed by atoms with E-state index in [1.165, 1.54) is 0 Å². The molecule has 1 heterocycles. The molecule has 1 aromatic rings. The Hall–Kier alpha value is -1.36. The SMILES string of the molecule is CC1(C)OC(=O)C(Cc2ccc(Br)cc2)C(=O)O1. The van der Waals surface area contributed by atoms with Crippen LogP contribution in [0.4, 0.5) is 0 Å². The largest absolute Gasteiger partial charge is 0.422 e. The maximum Gasteiger partial charge on any atom is 0.323 e. The summed E-state index contributed by atoms with van der Waals surface area (Å²) in [6.07, 6.45) is 0.293. The molecule has 1 aliphatic heterocycles. The van der Waals surface area contributed by atoms with Crippen molar-refractivity contribution in [1.29, 1.82) is 0 Å². The van der Waals surface area contributed by atoms with Crippen LogP contribution < -0.4 is 0 Å². The second-order valence-corrected chi connectivity index (χ2v) is 5.54. The molecule has 1 fully saturated rings. The number of halogens is 1. The topological polar surface area (TPSA) is 52.6 Å². The molecule has 0 aromatic heterocycles. The van der Waals surface area contributed by atoms with Crippen LogP contribution in [0.25, 0.3) is 0 Å². The van der Waals surface area contributed by atoms with E-state index in [0.29, 0.717) is 6.42 Å². The van der Waals surface area contributed by atoms with E-state index in [9.17, 15) is 9.59 Å². The van der Waals surface area contributed by atoms with Crippen LogP contribution >= 0.6 is 15.9 Å². The lowest BCUT2D eigenvalue weighted by atomic mass is 9.98. The van der Waals surface area contributed by atoms with Crippen LogP contribution in [0, 0.1) is 5.92 Å². The molecular formula is C13H13BrO4. The molecule has 5 heteroatoms. The normalized spacial score (nSPS) is 19.3. The van der Waals surface area contributed by atoms with E-state index in [4.69, 9.17) is 9.47 Å². The van der Waals surface area contributed by atoms with Gasteiger partial charge in [0, 0.05) is 18.3 Å². The Morgan fingerprint density at radius 2 is 1.61 bits per heavy atom. The molecule has 0 saturated carbocycles. The van der Waals surface area contributed by atoms with Crippen molar-refractivity contribution >= 4 is 27.9 Å². The van der Waals surface area contributed by atoms with Crippen LogP contribution in [-0.4, -0.2) is 17.7 Å². The highest BCUT2D eigenvalue weighted by atomic mass is 79.9. The highest BCUT2D eigenvalue weighted by Gasteiger charge is 2.42. The fourth-order valence-electron chi connectivity index (χ4n) is 1.77. The zero-order chi connectivity index (χ0) is 13.3. The van der Waals surface area contributed by atoms with Gasteiger partial charge in [-0.05, 0) is 24.1 Å². The molecule has 96 valence electrons. The first kappa shape index (κ1) is 13.1. The van der Waals surface area contributed by atoms with Gasteiger partial charge in [-0.2, -0.15) is 0 Å². The van der Waals surface area contributed by atoms with Crippen LogP contribution in [0.5, 0.6) is 0 Å². The van der Waals surface area contributed by atoms with Crippen LogP contribution in [0.1, 0.15) is 19.4 Å². The molecule has 18 heavy (non-hydrogen) atoms. The van der Waals surface area contributed by atoms with Gasteiger partial charge in [0.05, 0.1) is 0 Å². The van der Waals surface area contributed by atoms with Gasteiger partial charge in [-0.15, -0.1) is 0 Å². The first-order valence-electron chi connectivity index (χ1n) is 5.57. The molecule has 0 aliphatic carbocycles. The summed E-state index contributed by atoms with van der Waals surface area (Å²) < 4.78 is 11.1. The van der Waals surface area contributed by atoms with E-state index in [2.05, 4.69) is 15.9 Å². The van der Waals surface area contributed by atoms with Gasteiger partial charge in [0.2, 0.25) is 0 Å². The number of cyclic esters (lactones) is 2. The van der Waals surface area contributed by atoms with E-state index >= 15 is 0 Å². The summed E-state index contributed by atoms with van der Waals surface area (Å²) in [6, 6.07) is 7.42. The van der Waals surface area contributed by atoms with Gasteiger partial charge in [-0.1, -0.05) is 28.1 Å². The maximum absolute atomic E-state index is 11.8. The van der Waals surface area contributed by atoms with E-state index in [1.54, 1.807) is 13.8 Å². The third kappa shape index (κ3) is 2.90. The summed E-state index contributed by atoms with van der Waals surface area (Å²) in [5.74, 6) is -3.10. The Balaban J connectivity index is 2.12. The van der Waals surface area contributed by atoms with Crippen molar-refractivity contribution in [2.24, 2.45) is 5.92 Å². The van der Waals surface area contributed by atoms with Crippen molar-refractivity contribution < 1.29 is 19.1 Å². The minimum atomic E-state index is -1.16. The first-order valence-corrected chi connectivity index (χ1v) is 6.37. The molecule has 1 saturated heterocycles. The highest BCUT2D eigenvalue weighted by Crippen LogP contribution is 2.25. The van der Waals surface area contributed by atoms with E-state index < -0.39 is 23.6 Å². The van der Waals surface area contributed by atoms with Gasteiger partial charge < -0.3 is 9.47 Å². The van der Waals surface area contributed by atoms with Crippen molar-refractivity contribution in [3.8, 4) is 0 Å². The lowest BCUT2D eigenvalue weighted by Crippen LogP contribution is -2.46. The fourth-order valence-corrected chi connectivity index (χ4v) is 2.03. The number of carbonyl (C=O) groups excluding carboxylic acids is 2. The average Bonchev–Trinajstić information content (AvgIpc) is 2.24. The standard InChI is InChI=1S/C13H13BrO4/c1-13(2)17-11(15)10(12(16)18-13)7-8-3-5-9(14)6-4-8/h3-6,10H,7H2,1-2H3. The van der Waals surface area contributed by atoms with Crippen molar-refractivity contribution in [2.45, 2.75) is 26.1 Å². The van der Waals surface area contributed by atoms with Gasteiger partial charge in [0.15, 0.2) is 5.92 Å². The Labute approximate surface area is 113 Å². The van der Waals surface area contributed by atoms with Crippen LogP contribution in [0.15, 0.2) is 28.7 Å². The Bertz CT molecular complexity index is 458. The third-order valence-electron chi connectivity index (χ3n) is 2.61. The molecule has 4 nitrogen and oxygen atoms in total. The molecule has 1 aromatic carbocycles. The zero-order valence-corrected chi connectivity index (χ0v) is 11.7. The molecule has 0 atom stereocenters. The molecule has 0 bridgehead atoms. The molecule has 0 radical (unpaired) electrons. The van der Waals surface area contributed by atoms with Gasteiger partial charge in [0.25, 0.3) is 5.79 Å². The third-order valence-corrected chi connectivity index (χ3v) is 3.14. The second kappa shape index (κ2) is 4.72. The van der Waals surface area contributed by atoms with Crippen LogP contribution in [-0.2, 0) is 25.5 Å². The lowest BCUT2D eigenvalue weighted by molar-refractivity contribution is -0.239. The maximum atomic E-state index is 11.8. The lowest BCUT2D eigenvalue weighted by Gasteiger charge is -2.32. The Kier molecular flexibility index (Phi) is 3.43. The summed E-state index contributed by atoms with van der Waals surface area (Å²) in [7, 11) is 0. The van der Waals surface area contributed by atoms with E-state index in [0.717, 1.165) is 10.0 Å². The summed E-state index contributed by atoms with van der Waals surface area (Å²) in [5, 5.41) is 0. The quantitative estimate of drug-likeness (QED) is 0.622. The Morgan fingerprint density at radius 3 is 2.11 bits per heavy atom. The molecule has 0 spiro atoms. The van der Waals surface area contributed by atoms with Gasteiger partial charge in [0.1, 0.15) is 0 Å². The molecule has 0 unspecified atom stereocenters. The zero-order valence-electron chi connectivity index (χ0n) is 10.1. The minimum Gasteiger partial charge on any atom is -0.422 e. The summed E-state index contributed by atoms with van der Waals surface area (Å²) >= 11 is 3.33. The number of hydrogen-bond donors (Lipinski definition) is 0. The minimum absolute atomic E-state index is 0.293. The van der Waals surface area contributed by atoms with Crippen LogP contribution in [0.3, 0.4) is 0 Å². The number of benzene rings is 1. The number of hydrogen-bond acceptors (Lipinski definition) is 4. The summed E-state index contributed by atoms with van der Waals surface area (Å²) in [5.41, 5.74) is 0.886. The van der Waals surface area contributed by atoms with Crippen molar-refractivity contribution in [2.75, 3.05) is 0 Å². The highest BCUT2D eigenvalue weighted by molar-refractivity contribution is 9.10. The second-order valence-electron chi connectivity index (χ2n) is 4.63. The van der Waals surface area contributed by atoms with E-state index in [1.807, 2.05) is 24.3 Å². The van der Waals surface area contributed by atoms with Crippen molar-refractivity contribution in [3.05, 3.63) is 34.3 Å². The number of ether oxygens (including phenoxy) is 2. The average molecular weight is 313 g/mol. The monoisotopic (exact) mass is 312 g/mol. The number of carbonyl (C=O) groups is 2. The molecular weight excluding hydrogens is 300 g/mol. The number of esters is 2. The summed E-state index contributed by atoms with van der Waals surface area (Å²) in [4.78, 5) is 23.5. The predicted molar refractivity (Wildman–Crippen MR) is 67.6 cm³/mol. The summed E-state index contributed by atoms with van der Waals surface area (Å²) in [6.45, 7) is 3.08. The van der Waals surface area contributed by atoms with Gasteiger partial charge in [-0.25, -0.2) is 0 Å². The molecule has 1 aliphatic rings. The van der Waals surface area contributed by atoms with E-state index in [-0.39, 0.29) is 0 Å². The molecule has 2 rings (SSSR count). The first-order chi connectivity index (χ1) is 8.37. The number of rotatable bonds is 2. The molecule has 0 amide bonds. The Morgan fingerprint density at radius 1 is 1.11 bits per heavy atom. The van der Waals surface area contributed by atoms with Crippen molar-refractivity contribution in [3.63, 3.8) is 0 Å². The van der Waals surface area contributed by atoms with Gasteiger partial charge in [-0.3, -0.25) is 9.59 Å².